The molecule has 54 heavy (non-hydrogen) atoms. The molecule has 0 unspecified atom stereocenters. The van der Waals surface area contributed by atoms with Crippen molar-refractivity contribution in [3.8, 4) is 0 Å². The number of alkyl carbamates (subject to hydrolysis) is 1. The molecule has 5 atom stereocenters. The lowest BCUT2D eigenvalue weighted by molar-refractivity contribution is -0.0953. The normalized spacial score (nSPS) is 25.0. The van der Waals surface area contributed by atoms with Crippen molar-refractivity contribution in [2.24, 2.45) is 11.8 Å². The number of piperidine rings is 1. The first-order chi connectivity index (χ1) is 25.9. The Bertz CT molecular complexity index is 1840. The number of anilines is 1. The summed E-state index contributed by atoms with van der Waals surface area (Å²) in [6, 6.07) is 14.0. The third kappa shape index (κ3) is 9.00. The fraction of sp³-hybridized carbons (Fsp3) is 0.632. The molecule has 3 aromatic rings. The molecule has 296 valence electrons. The van der Waals surface area contributed by atoms with Crippen LogP contribution in [0.25, 0.3) is 10.2 Å². The third-order valence-electron chi connectivity index (χ3n) is 11.0. The van der Waals surface area contributed by atoms with Crippen LogP contribution in [0, 0.1) is 11.8 Å². The molecule has 16 heteroatoms. The number of benzene rings is 2. The van der Waals surface area contributed by atoms with E-state index in [0.29, 0.717) is 11.6 Å². The van der Waals surface area contributed by atoms with Gasteiger partial charge < -0.3 is 34.9 Å². The van der Waals surface area contributed by atoms with E-state index < -0.39 is 59.1 Å². The molecule has 12 nitrogen and oxygen atoms in total. The zero-order chi connectivity index (χ0) is 38.0. The number of thiazole rings is 1. The Balaban J connectivity index is 1.04. The SMILES string of the molecule is CC(C)CN(C[C@@H](O)[C@H](Cc1ccccc1)NC(=O)O[C@H]1CO[C@H]2OCC(F)(F)[C@H]21)S(=O)(=O)c1ccc2nc(NC3CCN(C4CCCC4)CC3)sc2c1. The van der Waals surface area contributed by atoms with Crippen molar-refractivity contribution in [2.45, 2.75) is 106 Å². The first kappa shape index (κ1) is 39.3. The highest BCUT2D eigenvalue weighted by molar-refractivity contribution is 7.89. The summed E-state index contributed by atoms with van der Waals surface area (Å²) in [7, 11) is -4.12. The number of aliphatic hydroxyl groups is 1. The molecule has 4 heterocycles. The molecule has 0 bridgehead atoms. The summed E-state index contributed by atoms with van der Waals surface area (Å²) in [5, 5.41) is 18.6. The lowest BCUT2D eigenvalue weighted by Gasteiger charge is -2.36. The van der Waals surface area contributed by atoms with Crippen molar-refractivity contribution < 1.29 is 41.3 Å². The van der Waals surface area contributed by atoms with E-state index >= 15 is 0 Å². The summed E-state index contributed by atoms with van der Waals surface area (Å²) in [5.41, 5.74) is 1.46. The standard InChI is InChI=1S/C38H51F2N5O7S2/c1-24(2)20-45(21-31(46)30(18-25-8-4-3-5-9-25)43-37(47)52-32-22-50-35-34(32)38(39,40)23-51-35)54(48,49)28-12-13-29-33(19-28)53-36(42-29)41-26-14-16-44(17-15-26)27-10-6-7-11-27/h3-5,8-9,12-13,19,24,26-27,30-32,34-35,46H,6-7,10-11,14-18,20-23H2,1-2H3,(H,41,42)(H,43,47)/t30-,31+,32-,34-,35-/m0/s1. The monoisotopic (exact) mass is 791 g/mol. The third-order valence-corrected chi connectivity index (χ3v) is 13.8. The Labute approximate surface area is 319 Å². The molecule has 1 amide bonds. The van der Waals surface area contributed by atoms with E-state index in [1.807, 2.05) is 32.0 Å². The van der Waals surface area contributed by atoms with E-state index in [2.05, 4.69) is 15.5 Å². The number of sulfonamides is 1. The lowest BCUT2D eigenvalue weighted by atomic mass is 9.99. The zero-order valence-electron chi connectivity index (χ0n) is 30.7. The number of ether oxygens (including phenoxy) is 3. The first-order valence-corrected chi connectivity index (χ1v) is 21.3. The maximum absolute atomic E-state index is 14.5. The van der Waals surface area contributed by atoms with Crippen LogP contribution in [-0.4, -0.2) is 116 Å². The van der Waals surface area contributed by atoms with Gasteiger partial charge in [-0.3, -0.25) is 0 Å². The number of halogens is 2. The molecule has 3 saturated heterocycles. The Hall–Kier alpha value is -2.99. The number of hydrogen-bond acceptors (Lipinski definition) is 11. The predicted molar refractivity (Wildman–Crippen MR) is 201 cm³/mol. The van der Waals surface area contributed by atoms with Gasteiger partial charge in [0.05, 0.1) is 33.9 Å². The van der Waals surface area contributed by atoms with Crippen molar-refractivity contribution >= 4 is 42.8 Å². The predicted octanol–water partition coefficient (Wildman–Crippen LogP) is 5.47. The number of amides is 1. The van der Waals surface area contributed by atoms with Crippen LogP contribution >= 0.6 is 11.3 Å². The number of carbonyl (C=O) groups is 1. The second kappa shape index (κ2) is 16.6. The van der Waals surface area contributed by atoms with Crippen LogP contribution in [-0.2, 0) is 30.7 Å². The van der Waals surface area contributed by atoms with E-state index in [1.54, 1.807) is 24.3 Å². The Morgan fingerprint density at radius 2 is 1.83 bits per heavy atom. The van der Waals surface area contributed by atoms with Crippen molar-refractivity contribution in [3.05, 3.63) is 54.1 Å². The number of rotatable bonds is 14. The minimum absolute atomic E-state index is 0.0744. The largest absolute Gasteiger partial charge is 0.443 e. The molecule has 2 aromatic carbocycles. The molecule has 1 saturated carbocycles. The summed E-state index contributed by atoms with van der Waals surface area (Å²) < 4.78 is 75.2. The highest BCUT2D eigenvalue weighted by atomic mass is 32.2. The van der Waals surface area contributed by atoms with Gasteiger partial charge in [0, 0.05) is 38.3 Å². The number of hydrogen-bond donors (Lipinski definition) is 3. The van der Waals surface area contributed by atoms with Gasteiger partial charge in [0.2, 0.25) is 10.0 Å². The number of carbonyl (C=O) groups excluding carboxylic acids is 1. The van der Waals surface area contributed by atoms with Gasteiger partial charge in [-0.2, -0.15) is 4.31 Å². The molecule has 1 aliphatic carbocycles. The number of nitrogens with one attached hydrogen (secondary N) is 2. The number of fused-ring (bicyclic) bond motifs is 2. The van der Waals surface area contributed by atoms with Crippen LogP contribution in [0.15, 0.2) is 53.4 Å². The summed E-state index contributed by atoms with van der Waals surface area (Å²) in [5.74, 6) is -4.77. The highest BCUT2D eigenvalue weighted by Gasteiger charge is 2.60. The van der Waals surface area contributed by atoms with Gasteiger partial charge in [0.1, 0.15) is 18.6 Å². The van der Waals surface area contributed by atoms with Crippen LogP contribution < -0.4 is 10.6 Å². The van der Waals surface area contributed by atoms with Gasteiger partial charge >= 0.3 is 6.09 Å². The fourth-order valence-electron chi connectivity index (χ4n) is 8.21. The van der Waals surface area contributed by atoms with Crippen molar-refractivity contribution in [2.75, 3.05) is 44.7 Å². The Morgan fingerprint density at radius 3 is 2.56 bits per heavy atom. The van der Waals surface area contributed by atoms with E-state index in [1.165, 1.54) is 47.4 Å². The molecule has 3 N–H and O–H groups in total. The van der Waals surface area contributed by atoms with Gasteiger partial charge in [-0.05, 0) is 61.8 Å². The quantitative estimate of drug-likeness (QED) is 0.193. The average Bonchev–Trinajstić information content (AvgIpc) is 3.95. The molecule has 1 aromatic heterocycles. The van der Waals surface area contributed by atoms with Crippen molar-refractivity contribution in [3.63, 3.8) is 0 Å². The zero-order valence-corrected chi connectivity index (χ0v) is 32.4. The number of alkyl halides is 2. The van der Waals surface area contributed by atoms with Crippen LogP contribution in [0.3, 0.4) is 0 Å². The van der Waals surface area contributed by atoms with Crippen molar-refractivity contribution in [1.29, 1.82) is 0 Å². The minimum Gasteiger partial charge on any atom is -0.443 e. The molecule has 7 rings (SSSR count). The van der Waals surface area contributed by atoms with E-state index in [4.69, 9.17) is 19.2 Å². The molecule has 4 fully saturated rings. The Kier molecular flexibility index (Phi) is 12.1. The van der Waals surface area contributed by atoms with E-state index in [0.717, 1.165) is 47.4 Å². The van der Waals surface area contributed by atoms with Gasteiger partial charge in [0.15, 0.2) is 11.4 Å². The fourth-order valence-corrected chi connectivity index (χ4v) is 10.9. The smallest absolute Gasteiger partial charge is 0.407 e. The Morgan fingerprint density at radius 1 is 1.09 bits per heavy atom. The van der Waals surface area contributed by atoms with E-state index in [-0.39, 0.29) is 36.9 Å². The first-order valence-electron chi connectivity index (χ1n) is 19.1. The number of aromatic nitrogens is 1. The molecular formula is C38H51F2N5O7S2. The van der Waals surface area contributed by atoms with Crippen molar-refractivity contribution in [1.82, 2.24) is 19.5 Å². The van der Waals surface area contributed by atoms with Crippen LogP contribution in [0.5, 0.6) is 0 Å². The van der Waals surface area contributed by atoms with Crippen LogP contribution in [0.4, 0.5) is 18.7 Å². The second-order valence-electron chi connectivity index (χ2n) is 15.5. The minimum atomic E-state index is -4.12. The number of likely N-dealkylation sites (tertiary alicyclic amines) is 1. The molecule has 4 aliphatic rings. The van der Waals surface area contributed by atoms with Gasteiger partial charge in [-0.25, -0.2) is 27.0 Å². The van der Waals surface area contributed by atoms with Gasteiger partial charge in [0.25, 0.3) is 5.92 Å². The maximum Gasteiger partial charge on any atom is 0.407 e. The lowest BCUT2D eigenvalue weighted by Crippen LogP contribution is -2.52. The summed E-state index contributed by atoms with van der Waals surface area (Å²) in [4.78, 5) is 20.6. The summed E-state index contributed by atoms with van der Waals surface area (Å²) >= 11 is 1.42. The maximum atomic E-state index is 14.5. The van der Waals surface area contributed by atoms with Crippen LogP contribution in [0.2, 0.25) is 0 Å². The number of nitrogens with zero attached hydrogens (tertiary/aromatic N) is 3. The average molecular weight is 792 g/mol. The summed E-state index contributed by atoms with van der Waals surface area (Å²) in [6.07, 6.45) is 2.61. The summed E-state index contributed by atoms with van der Waals surface area (Å²) in [6.45, 7) is 4.59. The topological polar surface area (TPSA) is 143 Å². The van der Waals surface area contributed by atoms with Crippen LogP contribution in [0.1, 0.15) is 57.9 Å². The second-order valence-corrected chi connectivity index (χ2v) is 18.5. The number of aliphatic hydroxyl groups excluding tert-OH is 1. The van der Waals surface area contributed by atoms with E-state index in [9.17, 15) is 27.1 Å². The van der Waals surface area contributed by atoms with Gasteiger partial charge in [-0.15, -0.1) is 0 Å². The molecule has 0 radical (unpaired) electrons. The van der Waals surface area contributed by atoms with Gasteiger partial charge in [-0.1, -0.05) is 68.4 Å². The highest BCUT2D eigenvalue weighted by Crippen LogP contribution is 2.43. The molecular weight excluding hydrogens is 741 g/mol. The molecule has 0 spiro atoms. The molecule has 3 aliphatic heterocycles.